The van der Waals surface area contributed by atoms with Gasteiger partial charge in [0.1, 0.15) is 6.07 Å². The summed E-state index contributed by atoms with van der Waals surface area (Å²) in [4.78, 5) is 9.94. The Balaban J connectivity index is 2.43. The van der Waals surface area contributed by atoms with Gasteiger partial charge in [-0.2, -0.15) is 5.26 Å². The van der Waals surface area contributed by atoms with Crippen LogP contribution in [0, 0.1) is 39.0 Å². The molecule has 5 heteroatoms. The highest BCUT2D eigenvalue weighted by atomic mass is 32.1. The molecule has 0 atom stereocenters. The molecule has 4 nitrogen and oxygen atoms in total. The van der Waals surface area contributed by atoms with Crippen molar-refractivity contribution in [2.45, 2.75) is 27.7 Å². The highest BCUT2D eigenvalue weighted by Crippen LogP contribution is 2.26. The van der Waals surface area contributed by atoms with Gasteiger partial charge in [-0.05, 0) is 39.3 Å². The molecule has 0 bridgehead atoms. The van der Waals surface area contributed by atoms with Gasteiger partial charge in [0.05, 0.1) is 11.3 Å². The topological polar surface area (TPSA) is 61.6 Å². The third-order valence-corrected chi connectivity index (χ3v) is 3.70. The van der Waals surface area contributed by atoms with Gasteiger partial charge in [0.2, 0.25) is 0 Å². The van der Waals surface area contributed by atoms with Crippen LogP contribution in [0.1, 0.15) is 27.4 Å². The Morgan fingerprint density at radius 1 is 1.22 bits per heavy atom. The average Bonchev–Trinajstić information content (AvgIpc) is 2.57. The van der Waals surface area contributed by atoms with E-state index in [1.807, 2.05) is 33.8 Å². The fourth-order valence-electron chi connectivity index (χ4n) is 1.70. The molecule has 0 radical (unpaired) electrons. The zero-order chi connectivity index (χ0) is 13.3. The van der Waals surface area contributed by atoms with Gasteiger partial charge < -0.3 is 5.32 Å². The van der Waals surface area contributed by atoms with E-state index in [1.165, 1.54) is 4.88 Å². The smallest absolute Gasteiger partial charge is 0.188 e. The van der Waals surface area contributed by atoms with Crippen LogP contribution >= 0.6 is 11.3 Å². The lowest BCUT2D eigenvalue weighted by atomic mass is 10.1. The molecule has 0 amide bonds. The van der Waals surface area contributed by atoms with Crippen molar-refractivity contribution in [3.05, 3.63) is 33.5 Å². The maximum absolute atomic E-state index is 9.18. The van der Waals surface area contributed by atoms with Gasteiger partial charge in [-0.3, -0.25) is 0 Å². The molecule has 0 aromatic carbocycles. The second-order valence-electron chi connectivity index (χ2n) is 4.20. The van der Waals surface area contributed by atoms with Crippen molar-refractivity contribution in [2.24, 2.45) is 0 Å². The molecule has 2 heterocycles. The lowest BCUT2D eigenvalue weighted by molar-refractivity contribution is 1.15. The summed E-state index contributed by atoms with van der Waals surface area (Å²) < 4.78 is 0. The number of pyridine rings is 1. The third-order valence-electron chi connectivity index (χ3n) is 2.71. The molecule has 0 spiro atoms. The van der Waals surface area contributed by atoms with Crippen molar-refractivity contribution >= 4 is 22.3 Å². The number of hydrogen-bond acceptors (Lipinski definition) is 5. The fraction of sp³-hybridized carbons (Fsp3) is 0.308. The minimum atomic E-state index is 0.575. The van der Waals surface area contributed by atoms with Gasteiger partial charge in [0.15, 0.2) is 10.9 Å². The molecule has 0 aliphatic heterocycles. The predicted octanol–water partition coefficient (Wildman–Crippen LogP) is 3.39. The van der Waals surface area contributed by atoms with E-state index in [-0.39, 0.29) is 0 Å². The molecule has 0 unspecified atom stereocenters. The monoisotopic (exact) mass is 258 g/mol. The SMILES string of the molecule is Cc1cc(C)c(C#N)c(Nc2nc(C)c(C)s2)n1. The fourth-order valence-corrected chi connectivity index (χ4v) is 2.51. The number of aryl methyl sites for hydroxylation is 4. The number of thiazole rings is 1. The first kappa shape index (κ1) is 12.5. The van der Waals surface area contributed by atoms with Crippen LogP contribution in [-0.2, 0) is 0 Å². The summed E-state index contributed by atoms with van der Waals surface area (Å²) in [7, 11) is 0. The zero-order valence-electron chi connectivity index (χ0n) is 10.8. The minimum Gasteiger partial charge on any atom is -0.315 e. The van der Waals surface area contributed by atoms with E-state index in [1.54, 1.807) is 11.3 Å². The summed E-state index contributed by atoms with van der Waals surface area (Å²) in [5, 5.41) is 13.1. The number of aromatic nitrogens is 2. The number of nitriles is 1. The maximum Gasteiger partial charge on any atom is 0.188 e. The molecule has 0 aliphatic rings. The Kier molecular flexibility index (Phi) is 3.30. The van der Waals surface area contributed by atoms with Crippen LogP contribution in [0.25, 0.3) is 0 Å². The van der Waals surface area contributed by atoms with Crippen molar-refractivity contribution in [1.82, 2.24) is 9.97 Å². The van der Waals surface area contributed by atoms with E-state index in [0.717, 1.165) is 22.1 Å². The summed E-state index contributed by atoms with van der Waals surface area (Å²) >= 11 is 1.57. The Morgan fingerprint density at radius 2 is 1.94 bits per heavy atom. The van der Waals surface area contributed by atoms with E-state index >= 15 is 0 Å². The zero-order valence-corrected chi connectivity index (χ0v) is 11.6. The minimum absolute atomic E-state index is 0.575. The molecule has 2 aromatic heterocycles. The van der Waals surface area contributed by atoms with Crippen LogP contribution in [0.2, 0.25) is 0 Å². The first-order valence-electron chi connectivity index (χ1n) is 5.60. The van der Waals surface area contributed by atoms with Crippen LogP contribution in [0.5, 0.6) is 0 Å². The largest absolute Gasteiger partial charge is 0.315 e. The molecule has 0 aliphatic carbocycles. The van der Waals surface area contributed by atoms with Crippen molar-refractivity contribution in [3.8, 4) is 6.07 Å². The number of rotatable bonds is 2. The molecule has 2 rings (SSSR count). The van der Waals surface area contributed by atoms with Crippen molar-refractivity contribution in [1.29, 1.82) is 5.26 Å². The molecule has 0 fully saturated rings. The highest BCUT2D eigenvalue weighted by molar-refractivity contribution is 7.15. The van der Waals surface area contributed by atoms with E-state index in [2.05, 4.69) is 21.4 Å². The van der Waals surface area contributed by atoms with Crippen molar-refractivity contribution in [2.75, 3.05) is 5.32 Å². The van der Waals surface area contributed by atoms with Crippen molar-refractivity contribution < 1.29 is 0 Å². The summed E-state index contributed by atoms with van der Waals surface area (Å²) in [5.74, 6) is 0.587. The number of nitrogens with zero attached hydrogens (tertiary/aromatic N) is 3. The third kappa shape index (κ3) is 2.34. The van der Waals surface area contributed by atoms with Crippen LogP contribution in [0.4, 0.5) is 10.9 Å². The Morgan fingerprint density at radius 3 is 2.50 bits per heavy atom. The van der Waals surface area contributed by atoms with Gasteiger partial charge in [-0.15, -0.1) is 11.3 Å². The van der Waals surface area contributed by atoms with Crippen LogP contribution in [0.15, 0.2) is 6.07 Å². The van der Waals surface area contributed by atoms with Gasteiger partial charge in [-0.25, -0.2) is 9.97 Å². The van der Waals surface area contributed by atoms with E-state index in [4.69, 9.17) is 0 Å². The van der Waals surface area contributed by atoms with Gasteiger partial charge in [0, 0.05) is 10.6 Å². The molecule has 92 valence electrons. The lowest BCUT2D eigenvalue weighted by Gasteiger charge is -2.07. The second kappa shape index (κ2) is 4.75. The van der Waals surface area contributed by atoms with Crippen LogP contribution in [0.3, 0.4) is 0 Å². The lowest BCUT2D eigenvalue weighted by Crippen LogP contribution is -2.00. The summed E-state index contributed by atoms with van der Waals surface area (Å²) in [6.07, 6.45) is 0. The first-order valence-corrected chi connectivity index (χ1v) is 6.42. The summed E-state index contributed by atoms with van der Waals surface area (Å²) in [6.45, 7) is 7.82. The van der Waals surface area contributed by atoms with E-state index in [9.17, 15) is 5.26 Å². The van der Waals surface area contributed by atoms with Gasteiger partial charge in [0.25, 0.3) is 0 Å². The quantitative estimate of drug-likeness (QED) is 0.897. The van der Waals surface area contributed by atoms with Crippen LogP contribution < -0.4 is 5.32 Å². The summed E-state index contributed by atoms with van der Waals surface area (Å²) in [5.41, 5.74) is 3.40. The first-order chi connectivity index (χ1) is 8.51. The highest BCUT2D eigenvalue weighted by Gasteiger charge is 2.11. The molecule has 0 saturated carbocycles. The Hall–Kier alpha value is -1.93. The number of nitrogens with one attached hydrogen (secondary N) is 1. The molecule has 1 N–H and O–H groups in total. The standard InChI is InChI=1S/C13H14N4S/c1-7-5-8(2)15-12(11(7)6-14)17-13-16-9(3)10(4)18-13/h5H,1-4H3,(H,15,16,17). The van der Waals surface area contributed by atoms with Crippen molar-refractivity contribution in [3.63, 3.8) is 0 Å². The molecular weight excluding hydrogens is 244 g/mol. The average molecular weight is 258 g/mol. The van der Waals surface area contributed by atoms with E-state index in [0.29, 0.717) is 11.4 Å². The second-order valence-corrected chi connectivity index (χ2v) is 5.40. The molecule has 18 heavy (non-hydrogen) atoms. The maximum atomic E-state index is 9.18. The Bertz CT molecular complexity index is 618. The number of hydrogen-bond donors (Lipinski definition) is 1. The number of anilines is 2. The van der Waals surface area contributed by atoms with Gasteiger partial charge >= 0.3 is 0 Å². The molecule has 0 saturated heterocycles. The normalized spacial score (nSPS) is 10.2. The van der Waals surface area contributed by atoms with E-state index < -0.39 is 0 Å². The summed E-state index contributed by atoms with van der Waals surface area (Å²) in [6, 6.07) is 4.09. The predicted molar refractivity (Wildman–Crippen MR) is 73.3 cm³/mol. The van der Waals surface area contributed by atoms with Gasteiger partial charge in [-0.1, -0.05) is 0 Å². The molecule has 2 aromatic rings. The molecular formula is C13H14N4S. The van der Waals surface area contributed by atoms with Crippen LogP contribution in [-0.4, -0.2) is 9.97 Å². The Labute approximate surface area is 110 Å².